The van der Waals surface area contributed by atoms with Crippen LogP contribution in [0, 0.1) is 0 Å². The Hall–Kier alpha value is -3.13. The summed E-state index contributed by atoms with van der Waals surface area (Å²) in [6.45, 7) is 0. The molecular weight excluding hydrogens is 306 g/mol. The fourth-order valence-electron chi connectivity index (χ4n) is 3.88. The summed E-state index contributed by atoms with van der Waals surface area (Å²) in [5, 5.41) is 5.04. The van der Waals surface area contributed by atoms with E-state index in [1.807, 2.05) is 17.0 Å². The highest BCUT2D eigenvalue weighted by molar-refractivity contribution is 6.12. The van der Waals surface area contributed by atoms with Gasteiger partial charge in [-0.25, -0.2) is 0 Å². The van der Waals surface area contributed by atoms with Crippen LogP contribution in [0.5, 0.6) is 0 Å². The molecule has 1 heterocycles. The molecular formula is C23H17NO. The van der Waals surface area contributed by atoms with Crippen LogP contribution in [0.15, 0.2) is 77.9 Å². The van der Waals surface area contributed by atoms with E-state index in [0.717, 1.165) is 18.5 Å². The number of nitrogens with zero attached hydrogens (tertiary/aromatic N) is 1. The van der Waals surface area contributed by atoms with Gasteiger partial charge >= 0.3 is 0 Å². The molecule has 0 radical (unpaired) electrons. The number of allylic oxidation sites excluding steroid dienone is 1. The van der Waals surface area contributed by atoms with Crippen LogP contribution in [-0.2, 0) is 6.42 Å². The van der Waals surface area contributed by atoms with Crippen LogP contribution >= 0.6 is 0 Å². The molecule has 1 aliphatic carbocycles. The van der Waals surface area contributed by atoms with Crippen LogP contribution in [0.2, 0.25) is 0 Å². The first-order valence-electron chi connectivity index (χ1n) is 8.64. The lowest BCUT2D eigenvalue weighted by atomic mass is 9.90. The molecule has 120 valence electrons. The molecule has 25 heavy (non-hydrogen) atoms. The molecule has 0 amide bonds. The van der Waals surface area contributed by atoms with E-state index in [1.165, 1.54) is 32.7 Å². The van der Waals surface area contributed by atoms with Crippen LogP contribution in [-0.4, -0.2) is 4.57 Å². The molecule has 0 bridgehead atoms. The first kappa shape index (κ1) is 14.2. The van der Waals surface area contributed by atoms with Crippen LogP contribution in [0.1, 0.15) is 17.5 Å². The van der Waals surface area contributed by atoms with Gasteiger partial charge in [0.1, 0.15) is 0 Å². The van der Waals surface area contributed by atoms with Crippen molar-refractivity contribution in [3.05, 3.63) is 94.4 Å². The Balaban J connectivity index is 1.84. The van der Waals surface area contributed by atoms with Gasteiger partial charge < -0.3 is 4.57 Å². The first-order chi connectivity index (χ1) is 12.3. The normalized spacial score (nSPS) is 13.3. The summed E-state index contributed by atoms with van der Waals surface area (Å²) in [6, 6.07) is 18.5. The lowest BCUT2D eigenvalue weighted by molar-refractivity contribution is 0.990. The summed E-state index contributed by atoms with van der Waals surface area (Å²) < 4.78 is 2.01. The van der Waals surface area contributed by atoms with Gasteiger partial charge in [0.25, 0.3) is 0 Å². The molecule has 3 aromatic carbocycles. The van der Waals surface area contributed by atoms with E-state index in [2.05, 4.69) is 54.6 Å². The van der Waals surface area contributed by atoms with Crippen molar-refractivity contribution in [3.63, 3.8) is 0 Å². The van der Waals surface area contributed by atoms with E-state index in [-0.39, 0.29) is 5.43 Å². The van der Waals surface area contributed by atoms with Gasteiger partial charge in [-0.1, -0.05) is 48.6 Å². The molecule has 0 N–H and O–H groups in total. The number of aromatic nitrogens is 1. The predicted molar refractivity (Wildman–Crippen MR) is 104 cm³/mol. The second-order valence-electron chi connectivity index (χ2n) is 6.55. The van der Waals surface area contributed by atoms with Gasteiger partial charge in [0.05, 0.1) is 5.69 Å². The molecule has 0 saturated carbocycles. The number of hydrogen-bond acceptors (Lipinski definition) is 1. The van der Waals surface area contributed by atoms with Crippen molar-refractivity contribution in [3.8, 4) is 5.69 Å². The molecule has 2 nitrogen and oxygen atoms in total. The monoisotopic (exact) mass is 323 g/mol. The maximum Gasteiger partial charge on any atom is 0.181 e. The second kappa shape index (κ2) is 5.45. The fraction of sp³-hybridized carbons (Fsp3) is 0.0870. The zero-order valence-electron chi connectivity index (χ0n) is 13.8. The molecule has 0 fully saturated rings. The van der Waals surface area contributed by atoms with E-state index in [0.29, 0.717) is 0 Å². The van der Waals surface area contributed by atoms with E-state index >= 15 is 0 Å². The quantitative estimate of drug-likeness (QED) is 0.447. The van der Waals surface area contributed by atoms with Crippen molar-refractivity contribution >= 4 is 27.6 Å². The van der Waals surface area contributed by atoms with Crippen molar-refractivity contribution in [1.82, 2.24) is 4.57 Å². The maximum absolute atomic E-state index is 11.4. The second-order valence-corrected chi connectivity index (χ2v) is 6.55. The summed E-state index contributed by atoms with van der Waals surface area (Å²) in [6.07, 6.45) is 10.4. The Morgan fingerprint density at radius 3 is 2.40 bits per heavy atom. The van der Waals surface area contributed by atoms with Crippen LogP contribution in [0.3, 0.4) is 0 Å². The molecule has 5 rings (SSSR count). The first-order valence-corrected chi connectivity index (χ1v) is 8.64. The summed E-state index contributed by atoms with van der Waals surface area (Å²) in [4.78, 5) is 11.4. The molecule has 0 saturated heterocycles. The van der Waals surface area contributed by atoms with Gasteiger partial charge in [0.2, 0.25) is 0 Å². The lowest BCUT2D eigenvalue weighted by Gasteiger charge is -2.16. The summed E-state index contributed by atoms with van der Waals surface area (Å²) in [7, 11) is 0. The highest BCUT2D eigenvalue weighted by Crippen LogP contribution is 2.34. The van der Waals surface area contributed by atoms with Crippen molar-refractivity contribution in [2.24, 2.45) is 0 Å². The molecule has 0 aliphatic heterocycles. The van der Waals surface area contributed by atoms with Crippen molar-refractivity contribution in [1.29, 1.82) is 0 Å². The fourth-order valence-corrected chi connectivity index (χ4v) is 3.88. The van der Waals surface area contributed by atoms with Gasteiger partial charge in [-0.15, -0.1) is 0 Å². The Morgan fingerprint density at radius 1 is 0.760 bits per heavy atom. The number of benzene rings is 3. The van der Waals surface area contributed by atoms with Crippen LogP contribution in [0.4, 0.5) is 0 Å². The van der Waals surface area contributed by atoms with Crippen molar-refractivity contribution in [2.45, 2.75) is 12.8 Å². The van der Waals surface area contributed by atoms with Gasteiger partial charge in [0.15, 0.2) is 5.43 Å². The number of rotatable bonds is 1. The minimum Gasteiger partial charge on any atom is -0.323 e. The van der Waals surface area contributed by atoms with Crippen LogP contribution < -0.4 is 5.43 Å². The molecule has 0 spiro atoms. The topological polar surface area (TPSA) is 22.0 Å². The standard InChI is InChI=1S/C23H17NO/c25-17-12-14-24(15-13-17)23-7-3-6-19-21-9-8-16-4-1-2-5-18(16)20(21)10-11-22(19)23/h2-3,5-15H,1,4H2. The average molecular weight is 323 g/mol. The van der Waals surface area contributed by atoms with E-state index < -0.39 is 0 Å². The van der Waals surface area contributed by atoms with Gasteiger partial charge in [-0.2, -0.15) is 0 Å². The number of fused-ring (bicyclic) bond motifs is 5. The minimum atomic E-state index is 0.0281. The third-order valence-corrected chi connectivity index (χ3v) is 5.11. The highest BCUT2D eigenvalue weighted by Gasteiger charge is 2.11. The summed E-state index contributed by atoms with van der Waals surface area (Å²) >= 11 is 0. The van der Waals surface area contributed by atoms with E-state index in [4.69, 9.17) is 0 Å². The minimum absolute atomic E-state index is 0.0281. The molecule has 0 atom stereocenters. The Labute approximate surface area is 145 Å². The SMILES string of the molecule is O=c1ccn(-c2cccc3c2ccc2c4c(ccc23)CCC=C4)cc1. The van der Waals surface area contributed by atoms with E-state index in [9.17, 15) is 4.79 Å². The van der Waals surface area contributed by atoms with Gasteiger partial charge in [0, 0.05) is 29.9 Å². The molecule has 1 aromatic heterocycles. The third-order valence-electron chi connectivity index (χ3n) is 5.11. The largest absolute Gasteiger partial charge is 0.323 e. The predicted octanol–water partition coefficient (Wildman–Crippen LogP) is 5.10. The van der Waals surface area contributed by atoms with Crippen molar-refractivity contribution in [2.75, 3.05) is 0 Å². The summed E-state index contributed by atoms with van der Waals surface area (Å²) in [5.74, 6) is 0. The number of aryl methyl sites for hydroxylation is 1. The maximum atomic E-state index is 11.4. The Bertz CT molecular complexity index is 1190. The van der Waals surface area contributed by atoms with Crippen LogP contribution in [0.25, 0.3) is 33.3 Å². The van der Waals surface area contributed by atoms with Gasteiger partial charge in [-0.05, 0) is 46.2 Å². The highest BCUT2D eigenvalue weighted by atomic mass is 16.1. The third kappa shape index (κ3) is 2.22. The average Bonchev–Trinajstić information content (AvgIpc) is 2.67. The smallest absolute Gasteiger partial charge is 0.181 e. The molecule has 1 aliphatic rings. The Kier molecular flexibility index (Phi) is 3.10. The number of pyridine rings is 1. The van der Waals surface area contributed by atoms with E-state index in [1.54, 1.807) is 12.1 Å². The zero-order valence-corrected chi connectivity index (χ0v) is 13.8. The molecule has 4 aromatic rings. The Morgan fingerprint density at radius 2 is 1.52 bits per heavy atom. The summed E-state index contributed by atoms with van der Waals surface area (Å²) in [5.41, 5.74) is 3.92. The number of hydrogen-bond donors (Lipinski definition) is 0. The lowest BCUT2D eigenvalue weighted by Crippen LogP contribution is -2.02. The molecule has 2 heteroatoms. The molecule has 0 unspecified atom stereocenters. The van der Waals surface area contributed by atoms with Crippen molar-refractivity contribution < 1.29 is 0 Å². The zero-order chi connectivity index (χ0) is 16.8. The van der Waals surface area contributed by atoms with Gasteiger partial charge in [-0.3, -0.25) is 4.79 Å².